The van der Waals surface area contributed by atoms with Gasteiger partial charge in [0.1, 0.15) is 12.9 Å². The molecule has 2 rings (SSSR count). The largest absolute Gasteiger partial charge is 0.470 e. The number of oxime groups is 1. The Bertz CT molecular complexity index is 830. The summed E-state index contributed by atoms with van der Waals surface area (Å²) in [5.41, 5.74) is -0.848. The summed E-state index contributed by atoms with van der Waals surface area (Å²) in [6, 6.07) is 5.11. The number of halogens is 2. The van der Waals surface area contributed by atoms with Crippen molar-refractivity contribution >= 4 is 58.0 Å². The van der Waals surface area contributed by atoms with Crippen molar-refractivity contribution in [3.8, 4) is 5.75 Å². The van der Waals surface area contributed by atoms with Gasteiger partial charge in [-0.15, -0.1) is 11.8 Å². The maximum atomic E-state index is 12.5. The number of nitrogens with zero attached hydrogens (tertiary/aromatic N) is 2. The molecule has 26 heavy (non-hydrogen) atoms. The molecule has 140 valence electrons. The Hall–Kier alpha value is -1.70. The van der Waals surface area contributed by atoms with Crippen molar-refractivity contribution in [2.75, 3.05) is 13.4 Å². The average molecular weight is 416 g/mol. The van der Waals surface area contributed by atoms with Crippen LogP contribution in [0.1, 0.15) is 13.8 Å². The minimum atomic E-state index is -0.772. The SMILES string of the molecule is CON=CC(C)(C)NC(=O)C(Oc1cc(Cl)c2ncc(Cl)cc2c1)SC. The van der Waals surface area contributed by atoms with Crippen molar-refractivity contribution in [3.05, 3.63) is 34.4 Å². The highest BCUT2D eigenvalue weighted by Crippen LogP contribution is 2.30. The number of rotatable bonds is 7. The van der Waals surface area contributed by atoms with Crippen molar-refractivity contribution in [1.82, 2.24) is 10.3 Å². The summed E-state index contributed by atoms with van der Waals surface area (Å²) in [7, 11) is 1.44. The van der Waals surface area contributed by atoms with Crippen LogP contribution >= 0.6 is 35.0 Å². The van der Waals surface area contributed by atoms with Crippen LogP contribution < -0.4 is 10.1 Å². The van der Waals surface area contributed by atoms with E-state index in [1.807, 2.05) is 0 Å². The van der Waals surface area contributed by atoms with E-state index in [-0.39, 0.29) is 5.91 Å². The molecular weight excluding hydrogens is 397 g/mol. The Balaban J connectivity index is 2.20. The fourth-order valence-electron chi connectivity index (χ4n) is 2.15. The van der Waals surface area contributed by atoms with E-state index < -0.39 is 11.0 Å². The van der Waals surface area contributed by atoms with Gasteiger partial charge in [-0.25, -0.2) is 0 Å². The Morgan fingerprint density at radius 1 is 1.38 bits per heavy atom. The Kier molecular flexibility index (Phi) is 6.97. The van der Waals surface area contributed by atoms with Crippen molar-refractivity contribution in [2.24, 2.45) is 5.16 Å². The van der Waals surface area contributed by atoms with E-state index in [2.05, 4.69) is 20.3 Å². The monoisotopic (exact) mass is 415 g/mol. The number of carbonyl (C=O) groups excluding carboxylic acids is 1. The summed E-state index contributed by atoms with van der Waals surface area (Å²) in [6.07, 6.45) is 4.81. The number of nitrogens with one attached hydrogen (secondary N) is 1. The number of pyridine rings is 1. The number of aromatic nitrogens is 1. The maximum absolute atomic E-state index is 12.5. The first-order valence-corrected chi connectivity index (χ1v) is 9.64. The topological polar surface area (TPSA) is 72.8 Å². The van der Waals surface area contributed by atoms with Crippen molar-refractivity contribution in [2.45, 2.75) is 24.8 Å². The molecule has 0 fully saturated rings. The quantitative estimate of drug-likeness (QED) is 0.417. The zero-order chi connectivity index (χ0) is 19.3. The smallest absolute Gasteiger partial charge is 0.272 e. The second kappa shape index (κ2) is 8.79. The third kappa shape index (κ3) is 5.40. The predicted octanol–water partition coefficient (Wildman–Crippen LogP) is 4.14. The molecule has 1 aromatic carbocycles. The van der Waals surface area contributed by atoms with E-state index in [9.17, 15) is 4.79 Å². The Morgan fingerprint density at radius 3 is 2.77 bits per heavy atom. The van der Waals surface area contributed by atoms with E-state index in [1.165, 1.54) is 31.3 Å². The van der Waals surface area contributed by atoms with Crippen LogP contribution in [0.3, 0.4) is 0 Å². The molecule has 1 aromatic heterocycles. The summed E-state index contributed by atoms with van der Waals surface area (Å²) in [6.45, 7) is 3.59. The van der Waals surface area contributed by atoms with Gasteiger partial charge in [0.05, 0.1) is 27.3 Å². The van der Waals surface area contributed by atoms with Gasteiger partial charge in [-0.05, 0) is 32.2 Å². The lowest BCUT2D eigenvalue weighted by Crippen LogP contribution is -2.49. The van der Waals surface area contributed by atoms with Gasteiger partial charge in [-0.1, -0.05) is 28.4 Å². The number of ether oxygens (including phenoxy) is 1. The lowest BCUT2D eigenvalue weighted by molar-refractivity contribution is -0.125. The van der Waals surface area contributed by atoms with Gasteiger partial charge in [0.15, 0.2) is 0 Å². The second-order valence-corrected chi connectivity index (χ2v) is 7.69. The van der Waals surface area contributed by atoms with E-state index in [1.54, 1.807) is 38.3 Å². The molecule has 0 saturated heterocycles. The number of hydrogen-bond acceptors (Lipinski definition) is 6. The van der Waals surface area contributed by atoms with Crippen molar-refractivity contribution in [1.29, 1.82) is 0 Å². The molecule has 6 nitrogen and oxygen atoms in total. The molecule has 0 aliphatic rings. The highest BCUT2D eigenvalue weighted by atomic mass is 35.5. The van der Waals surface area contributed by atoms with Gasteiger partial charge < -0.3 is 14.9 Å². The van der Waals surface area contributed by atoms with Crippen LogP contribution in [0.15, 0.2) is 29.6 Å². The summed E-state index contributed by atoms with van der Waals surface area (Å²) in [5, 5.41) is 8.18. The molecule has 2 aromatic rings. The fraction of sp³-hybridized carbons (Fsp3) is 0.353. The van der Waals surface area contributed by atoms with Gasteiger partial charge in [0.25, 0.3) is 5.91 Å². The molecule has 1 atom stereocenters. The minimum Gasteiger partial charge on any atom is -0.470 e. The highest BCUT2D eigenvalue weighted by molar-refractivity contribution is 7.99. The normalized spacial score (nSPS) is 13.0. The summed E-state index contributed by atoms with van der Waals surface area (Å²) >= 11 is 13.5. The second-order valence-electron chi connectivity index (χ2n) is 5.94. The fourth-order valence-corrected chi connectivity index (χ4v) is 3.06. The molecular formula is C17H19Cl2N3O3S. The highest BCUT2D eigenvalue weighted by Gasteiger charge is 2.26. The van der Waals surface area contributed by atoms with Gasteiger partial charge in [-0.3, -0.25) is 9.78 Å². The van der Waals surface area contributed by atoms with Crippen LogP contribution in [0.2, 0.25) is 10.0 Å². The number of fused-ring (bicyclic) bond motifs is 1. The Labute approximate surface area is 166 Å². The lowest BCUT2D eigenvalue weighted by Gasteiger charge is -2.24. The molecule has 0 bridgehead atoms. The van der Waals surface area contributed by atoms with Gasteiger partial charge in [0.2, 0.25) is 5.44 Å². The third-order valence-corrected chi connectivity index (χ3v) is 4.51. The number of amides is 1. The van der Waals surface area contributed by atoms with Crippen LogP contribution in [-0.4, -0.2) is 41.4 Å². The molecule has 0 radical (unpaired) electrons. The molecule has 0 saturated carbocycles. The van der Waals surface area contributed by atoms with Crippen LogP contribution in [0.25, 0.3) is 10.9 Å². The van der Waals surface area contributed by atoms with Crippen LogP contribution in [-0.2, 0) is 9.63 Å². The molecule has 0 spiro atoms. The average Bonchev–Trinajstić information content (AvgIpc) is 2.57. The summed E-state index contributed by atoms with van der Waals surface area (Å²) in [5.74, 6) is 0.148. The van der Waals surface area contributed by atoms with E-state index in [0.29, 0.717) is 21.3 Å². The zero-order valence-corrected chi connectivity index (χ0v) is 17.1. The molecule has 1 heterocycles. The predicted molar refractivity (Wildman–Crippen MR) is 107 cm³/mol. The van der Waals surface area contributed by atoms with Crippen molar-refractivity contribution in [3.63, 3.8) is 0 Å². The molecule has 9 heteroatoms. The van der Waals surface area contributed by atoms with Gasteiger partial charge in [-0.2, -0.15) is 0 Å². The Morgan fingerprint density at radius 2 is 2.12 bits per heavy atom. The van der Waals surface area contributed by atoms with E-state index in [4.69, 9.17) is 27.9 Å². The zero-order valence-electron chi connectivity index (χ0n) is 14.7. The molecule has 0 aliphatic carbocycles. The molecule has 1 unspecified atom stereocenters. The number of carbonyl (C=O) groups is 1. The van der Waals surface area contributed by atoms with Crippen LogP contribution in [0, 0.1) is 0 Å². The first kappa shape index (κ1) is 20.6. The summed E-state index contributed by atoms with van der Waals surface area (Å²) < 4.78 is 5.82. The first-order valence-electron chi connectivity index (χ1n) is 7.59. The number of thioether (sulfide) groups is 1. The lowest BCUT2D eigenvalue weighted by atomic mass is 10.1. The standard InChI is InChI=1S/C17H19Cl2N3O3S/c1-17(2,9-21-24-3)22-15(23)16(26-4)25-12-6-10-5-11(18)8-20-14(10)13(19)7-12/h5-9,16H,1-4H3,(H,22,23). The minimum absolute atomic E-state index is 0.300. The third-order valence-electron chi connectivity index (χ3n) is 3.27. The van der Waals surface area contributed by atoms with Crippen LogP contribution in [0.4, 0.5) is 0 Å². The molecule has 1 N–H and O–H groups in total. The maximum Gasteiger partial charge on any atom is 0.272 e. The van der Waals surface area contributed by atoms with E-state index >= 15 is 0 Å². The van der Waals surface area contributed by atoms with E-state index in [0.717, 1.165) is 5.39 Å². The summed E-state index contributed by atoms with van der Waals surface area (Å²) in [4.78, 5) is 21.4. The van der Waals surface area contributed by atoms with Gasteiger partial charge >= 0.3 is 0 Å². The van der Waals surface area contributed by atoms with Crippen molar-refractivity contribution < 1.29 is 14.4 Å². The molecule has 1 amide bonds. The molecule has 0 aliphatic heterocycles. The number of hydrogen-bond donors (Lipinski definition) is 1. The first-order chi connectivity index (χ1) is 12.3. The number of benzene rings is 1. The van der Waals surface area contributed by atoms with Crippen LogP contribution in [0.5, 0.6) is 5.75 Å². The van der Waals surface area contributed by atoms with Gasteiger partial charge in [0, 0.05) is 17.6 Å².